The first-order valence-corrected chi connectivity index (χ1v) is 9.44. The lowest BCUT2D eigenvalue weighted by Gasteiger charge is -2.23. The van der Waals surface area contributed by atoms with Gasteiger partial charge in [0, 0.05) is 17.9 Å². The molecule has 1 N–H and O–H groups in total. The van der Waals surface area contributed by atoms with E-state index in [-0.39, 0.29) is 30.9 Å². The first-order valence-electron chi connectivity index (χ1n) is 8.67. The monoisotopic (exact) mass is 398 g/mol. The zero-order chi connectivity index (χ0) is 19.3. The Morgan fingerprint density at radius 1 is 1.29 bits per heavy atom. The molecule has 142 valence electrons. The summed E-state index contributed by atoms with van der Waals surface area (Å²) >= 11 is 1.30. The number of carbonyl (C=O) groups excluding carboxylic acids is 1. The lowest BCUT2D eigenvalue weighted by Crippen LogP contribution is -2.22. The van der Waals surface area contributed by atoms with Crippen molar-refractivity contribution < 1.29 is 23.4 Å². The number of amides is 1. The first kappa shape index (κ1) is 17.0. The summed E-state index contributed by atoms with van der Waals surface area (Å²) in [5.41, 5.74) is 2.71. The SMILES string of the molecule is COc1cc([C@@H]2CC(=O)Nc3c(-c4cccc(F)c4)nsc32)cc2c1OCO2. The van der Waals surface area contributed by atoms with Crippen LogP contribution in [-0.4, -0.2) is 24.2 Å². The molecule has 0 saturated carbocycles. The molecule has 0 aliphatic carbocycles. The van der Waals surface area contributed by atoms with E-state index < -0.39 is 0 Å². The highest BCUT2D eigenvalue weighted by Crippen LogP contribution is 2.49. The molecule has 3 heterocycles. The Labute approximate surface area is 164 Å². The van der Waals surface area contributed by atoms with Gasteiger partial charge in [0.1, 0.15) is 11.5 Å². The van der Waals surface area contributed by atoms with Crippen LogP contribution >= 0.6 is 11.5 Å². The number of anilines is 1. The van der Waals surface area contributed by atoms with Crippen molar-refractivity contribution in [2.45, 2.75) is 12.3 Å². The second-order valence-electron chi connectivity index (χ2n) is 6.54. The Morgan fingerprint density at radius 3 is 3.00 bits per heavy atom. The van der Waals surface area contributed by atoms with Gasteiger partial charge >= 0.3 is 0 Å². The molecule has 2 aliphatic rings. The Morgan fingerprint density at radius 2 is 2.18 bits per heavy atom. The summed E-state index contributed by atoms with van der Waals surface area (Å²) in [4.78, 5) is 13.4. The van der Waals surface area contributed by atoms with Crippen molar-refractivity contribution in [1.29, 1.82) is 0 Å². The van der Waals surface area contributed by atoms with Gasteiger partial charge in [-0.3, -0.25) is 4.79 Å². The quantitative estimate of drug-likeness (QED) is 0.717. The van der Waals surface area contributed by atoms with E-state index in [1.54, 1.807) is 19.2 Å². The van der Waals surface area contributed by atoms with E-state index in [0.29, 0.717) is 34.2 Å². The summed E-state index contributed by atoms with van der Waals surface area (Å²) in [6, 6.07) is 9.93. The van der Waals surface area contributed by atoms with Crippen LogP contribution in [0, 0.1) is 5.82 Å². The van der Waals surface area contributed by atoms with Crippen molar-refractivity contribution in [2.24, 2.45) is 0 Å². The summed E-state index contributed by atoms with van der Waals surface area (Å²) in [5.74, 6) is 1.05. The highest BCUT2D eigenvalue weighted by molar-refractivity contribution is 7.07. The molecule has 1 aromatic heterocycles. The smallest absolute Gasteiger partial charge is 0.231 e. The van der Waals surface area contributed by atoms with Crippen molar-refractivity contribution >= 4 is 23.1 Å². The van der Waals surface area contributed by atoms with Crippen LogP contribution in [0.25, 0.3) is 11.3 Å². The number of halogens is 1. The molecule has 2 aromatic carbocycles. The highest BCUT2D eigenvalue weighted by atomic mass is 32.1. The van der Waals surface area contributed by atoms with Crippen LogP contribution in [-0.2, 0) is 4.79 Å². The maximum absolute atomic E-state index is 13.7. The van der Waals surface area contributed by atoms with E-state index in [0.717, 1.165) is 10.4 Å². The van der Waals surface area contributed by atoms with Gasteiger partial charge in [-0.1, -0.05) is 12.1 Å². The minimum atomic E-state index is -0.349. The third-order valence-electron chi connectivity index (χ3n) is 4.87. The number of nitrogens with one attached hydrogen (secondary N) is 1. The van der Waals surface area contributed by atoms with E-state index >= 15 is 0 Å². The maximum atomic E-state index is 13.7. The van der Waals surface area contributed by atoms with Crippen LogP contribution in [0.5, 0.6) is 17.2 Å². The molecule has 6 nitrogen and oxygen atoms in total. The standard InChI is InChI=1S/C20H15FN2O4S/c1-25-14-6-11(7-15-19(14)27-9-26-15)13-8-16(24)22-18-17(23-28-20(13)18)10-3-2-4-12(21)5-10/h2-7,13H,8-9H2,1H3,(H,22,24)/t13-/m0/s1. The molecule has 0 fully saturated rings. The van der Waals surface area contributed by atoms with Crippen LogP contribution in [0.3, 0.4) is 0 Å². The second kappa shape index (κ2) is 6.49. The molecule has 0 saturated heterocycles. The molecule has 0 bridgehead atoms. The van der Waals surface area contributed by atoms with Crippen LogP contribution in [0.2, 0.25) is 0 Å². The molecule has 5 rings (SSSR count). The van der Waals surface area contributed by atoms with Gasteiger partial charge in [0.25, 0.3) is 0 Å². The van der Waals surface area contributed by atoms with Gasteiger partial charge in [-0.2, -0.15) is 4.37 Å². The van der Waals surface area contributed by atoms with Gasteiger partial charge in [-0.05, 0) is 41.4 Å². The molecule has 28 heavy (non-hydrogen) atoms. The van der Waals surface area contributed by atoms with Crippen molar-refractivity contribution in [1.82, 2.24) is 4.37 Å². The summed E-state index contributed by atoms with van der Waals surface area (Å²) in [6.07, 6.45) is 0.278. The average molecular weight is 398 g/mol. The number of ether oxygens (including phenoxy) is 3. The number of rotatable bonds is 3. The van der Waals surface area contributed by atoms with E-state index in [9.17, 15) is 9.18 Å². The normalized spacial score (nSPS) is 17.2. The molecule has 1 amide bonds. The van der Waals surface area contributed by atoms with E-state index in [4.69, 9.17) is 14.2 Å². The van der Waals surface area contributed by atoms with Crippen LogP contribution in [0.1, 0.15) is 22.8 Å². The van der Waals surface area contributed by atoms with Gasteiger partial charge in [0.15, 0.2) is 11.5 Å². The Bertz CT molecular complexity index is 1100. The third-order valence-corrected chi connectivity index (χ3v) is 5.83. The maximum Gasteiger partial charge on any atom is 0.231 e. The topological polar surface area (TPSA) is 69.7 Å². The molecule has 0 spiro atoms. The van der Waals surface area contributed by atoms with Crippen molar-refractivity contribution in [3.8, 4) is 28.5 Å². The van der Waals surface area contributed by atoms with Crippen LogP contribution in [0.15, 0.2) is 36.4 Å². The Kier molecular flexibility index (Phi) is 3.94. The Hall–Kier alpha value is -3.13. The van der Waals surface area contributed by atoms with E-state index in [2.05, 4.69) is 9.69 Å². The molecule has 0 unspecified atom stereocenters. The second-order valence-corrected chi connectivity index (χ2v) is 7.35. The number of hydrogen-bond acceptors (Lipinski definition) is 6. The molecule has 8 heteroatoms. The van der Waals surface area contributed by atoms with Crippen molar-refractivity contribution in [2.75, 3.05) is 19.2 Å². The Balaban J connectivity index is 1.62. The van der Waals surface area contributed by atoms with Crippen LogP contribution in [0.4, 0.5) is 10.1 Å². The fourth-order valence-corrected chi connectivity index (χ4v) is 4.56. The summed E-state index contributed by atoms with van der Waals surface area (Å²) in [6.45, 7) is 0.135. The number of benzene rings is 2. The predicted molar refractivity (Wildman–Crippen MR) is 102 cm³/mol. The lowest BCUT2D eigenvalue weighted by molar-refractivity contribution is -0.116. The molecule has 3 aromatic rings. The minimum Gasteiger partial charge on any atom is -0.493 e. The van der Waals surface area contributed by atoms with Gasteiger partial charge in [-0.15, -0.1) is 0 Å². The number of methoxy groups -OCH3 is 1. The highest BCUT2D eigenvalue weighted by Gasteiger charge is 2.33. The number of hydrogen-bond donors (Lipinski definition) is 1. The zero-order valence-corrected chi connectivity index (χ0v) is 15.6. The van der Waals surface area contributed by atoms with Gasteiger partial charge in [0.05, 0.1) is 17.7 Å². The summed E-state index contributed by atoms with van der Waals surface area (Å²) in [5, 5.41) is 2.91. The van der Waals surface area contributed by atoms with Crippen molar-refractivity contribution in [3.63, 3.8) is 0 Å². The average Bonchev–Trinajstić information content (AvgIpc) is 3.33. The largest absolute Gasteiger partial charge is 0.493 e. The third kappa shape index (κ3) is 2.68. The van der Waals surface area contributed by atoms with Crippen molar-refractivity contribution in [3.05, 3.63) is 52.7 Å². The number of carbonyl (C=O) groups is 1. The molecule has 0 radical (unpaired) electrons. The number of nitrogens with zero attached hydrogens (tertiary/aromatic N) is 1. The first-order chi connectivity index (χ1) is 13.6. The fourth-order valence-electron chi connectivity index (χ4n) is 3.58. The number of aromatic nitrogens is 1. The molecular weight excluding hydrogens is 383 g/mol. The minimum absolute atomic E-state index is 0.119. The predicted octanol–water partition coefficient (Wildman–Crippen LogP) is 4.16. The van der Waals surface area contributed by atoms with Gasteiger partial charge < -0.3 is 19.5 Å². The zero-order valence-electron chi connectivity index (χ0n) is 14.8. The number of fused-ring (bicyclic) bond motifs is 2. The lowest BCUT2D eigenvalue weighted by atomic mass is 9.89. The molecule has 1 atom stereocenters. The van der Waals surface area contributed by atoms with E-state index in [1.165, 1.54) is 23.7 Å². The van der Waals surface area contributed by atoms with Gasteiger partial charge in [-0.25, -0.2) is 4.39 Å². The van der Waals surface area contributed by atoms with E-state index in [1.807, 2.05) is 12.1 Å². The summed E-state index contributed by atoms with van der Waals surface area (Å²) in [7, 11) is 1.56. The summed E-state index contributed by atoms with van der Waals surface area (Å²) < 4.78 is 34.6. The molecule has 2 aliphatic heterocycles. The fraction of sp³-hybridized carbons (Fsp3) is 0.200. The van der Waals surface area contributed by atoms with Gasteiger partial charge in [0.2, 0.25) is 18.4 Å². The van der Waals surface area contributed by atoms with Crippen LogP contribution < -0.4 is 19.5 Å². The molecular formula is C20H15FN2O4S.